The number of halogens is 1. The van der Waals surface area contributed by atoms with Crippen LogP contribution in [0.15, 0.2) is 18.2 Å². The van der Waals surface area contributed by atoms with Crippen LogP contribution in [0.2, 0.25) is 0 Å². The molecule has 2 amide bonds. The van der Waals surface area contributed by atoms with E-state index in [2.05, 4.69) is 5.32 Å². The Labute approximate surface area is 136 Å². The van der Waals surface area contributed by atoms with Crippen LogP contribution < -0.4 is 5.32 Å². The topological polar surface area (TPSA) is 52.7 Å². The van der Waals surface area contributed by atoms with Crippen LogP contribution in [-0.4, -0.2) is 61.4 Å². The number of nitrogens with zero attached hydrogens (tertiary/aromatic N) is 2. The summed E-state index contributed by atoms with van der Waals surface area (Å²) in [5.74, 6) is -0.408. The van der Waals surface area contributed by atoms with Crippen molar-refractivity contribution in [1.82, 2.24) is 15.1 Å². The van der Waals surface area contributed by atoms with Gasteiger partial charge < -0.3 is 15.1 Å². The maximum Gasteiger partial charge on any atom is 0.254 e. The molecular formula is C17H24FN3O2. The molecule has 1 aromatic rings. The third kappa shape index (κ3) is 4.51. The Kier molecular flexibility index (Phi) is 6.10. The number of aryl methyl sites for hydroxylation is 1. The summed E-state index contributed by atoms with van der Waals surface area (Å²) in [6, 6.07) is 4.55. The van der Waals surface area contributed by atoms with Gasteiger partial charge in [-0.25, -0.2) is 4.39 Å². The predicted octanol–water partition coefficient (Wildman–Crippen LogP) is 1.42. The minimum atomic E-state index is -0.366. The minimum absolute atomic E-state index is 0.133. The van der Waals surface area contributed by atoms with Crippen LogP contribution in [0.1, 0.15) is 28.8 Å². The SMILES string of the molecule is CNCCCC(=O)N1CCN(C(=O)c2ccc(C)c(F)c2)CC1. The molecule has 1 aliphatic rings. The van der Waals surface area contributed by atoms with Crippen molar-refractivity contribution in [2.24, 2.45) is 0 Å². The van der Waals surface area contributed by atoms with Crippen LogP contribution in [-0.2, 0) is 4.79 Å². The molecule has 1 heterocycles. The molecule has 0 saturated carbocycles. The zero-order valence-corrected chi connectivity index (χ0v) is 13.8. The quantitative estimate of drug-likeness (QED) is 0.835. The summed E-state index contributed by atoms with van der Waals surface area (Å²) in [4.78, 5) is 27.9. The Morgan fingerprint density at radius 3 is 2.43 bits per heavy atom. The fourth-order valence-corrected chi connectivity index (χ4v) is 2.64. The lowest BCUT2D eigenvalue weighted by atomic mass is 10.1. The van der Waals surface area contributed by atoms with Crippen molar-refractivity contribution in [3.05, 3.63) is 35.1 Å². The van der Waals surface area contributed by atoms with Crippen molar-refractivity contribution in [2.75, 3.05) is 39.8 Å². The smallest absolute Gasteiger partial charge is 0.254 e. The molecule has 1 saturated heterocycles. The Morgan fingerprint density at radius 2 is 1.83 bits per heavy atom. The highest BCUT2D eigenvalue weighted by Gasteiger charge is 2.24. The van der Waals surface area contributed by atoms with E-state index >= 15 is 0 Å². The summed E-state index contributed by atoms with van der Waals surface area (Å²) in [6.45, 7) is 4.56. The molecule has 1 aromatic carbocycles. The normalized spacial score (nSPS) is 14.9. The second kappa shape index (κ2) is 8.06. The summed E-state index contributed by atoms with van der Waals surface area (Å²) >= 11 is 0. The number of rotatable bonds is 5. The highest BCUT2D eigenvalue weighted by atomic mass is 19.1. The monoisotopic (exact) mass is 321 g/mol. The van der Waals surface area contributed by atoms with Gasteiger partial charge in [-0.15, -0.1) is 0 Å². The standard InChI is InChI=1S/C17H24FN3O2/c1-13-5-6-14(12-15(13)18)17(23)21-10-8-20(9-11-21)16(22)4-3-7-19-2/h5-6,12,19H,3-4,7-11H2,1-2H3. The summed E-state index contributed by atoms with van der Waals surface area (Å²) < 4.78 is 13.6. The molecule has 126 valence electrons. The van der Waals surface area contributed by atoms with Gasteiger partial charge >= 0.3 is 0 Å². The van der Waals surface area contributed by atoms with Crippen LogP contribution in [0, 0.1) is 12.7 Å². The van der Waals surface area contributed by atoms with E-state index in [0.717, 1.165) is 13.0 Å². The first kappa shape index (κ1) is 17.4. The Balaban J connectivity index is 1.87. The highest BCUT2D eigenvalue weighted by molar-refractivity contribution is 5.94. The number of hydrogen-bond acceptors (Lipinski definition) is 3. The van der Waals surface area contributed by atoms with Gasteiger partial charge in [0.25, 0.3) is 5.91 Å². The molecule has 1 aliphatic heterocycles. The van der Waals surface area contributed by atoms with E-state index in [1.165, 1.54) is 6.07 Å². The molecule has 2 rings (SSSR count). The molecule has 0 atom stereocenters. The fourth-order valence-electron chi connectivity index (χ4n) is 2.64. The van der Waals surface area contributed by atoms with Crippen LogP contribution in [0.3, 0.4) is 0 Å². The average Bonchev–Trinajstić information content (AvgIpc) is 2.57. The average molecular weight is 321 g/mol. The lowest BCUT2D eigenvalue weighted by Crippen LogP contribution is -2.50. The van der Waals surface area contributed by atoms with Crippen molar-refractivity contribution in [2.45, 2.75) is 19.8 Å². The molecule has 0 unspecified atom stereocenters. The van der Waals surface area contributed by atoms with Crippen LogP contribution in [0.25, 0.3) is 0 Å². The van der Waals surface area contributed by atoms with Gasteiger partial charge in [0.15, 0.2) is 0 Å². The summed E-state index contributed by atoms with van der Waals surface area (Å²) in [5.41, 5.74) is 0.889. The van der Waals surface area contributed by atoms with Crippen molar-refractivity contribution >= 4 is 11.8 Å². The number of benzene rings is 1. The van der Waals surface area contributed by atoms with Crippen LogP contribution in [0.5, 0.6) is 0 Å². The summed E-state index contributed by atoms with van der Waals surface area (Å²) in [7, 11) is 1.86. The number of hydrogen-bond donors (Lipinski definition) is 1. The Bertz CT molecular complexity index is 569. The van der Waals surface area contributed by atoms with Crippen molar-refractivity contribution in [3.63, 3.8) is 0 Å². The molecule has 0 aliphatic carbocycles. The number of carbonyl (C=O) groups is 2. The van der Waals surface area contributed by atoms with E-state index in [4.69, 9.17) is 0 Å². The van der Waals surface area contributed by atoms with Gasteiger partial charge in [-0.05, 0) is 44.6 Å². The number of nitrogens with one attached hydrogen (secondary N) is 1. The first-order chi connectivity index (χ1) is 11.0. The zero-order chi connectivity index (χ0) is 16.8. The first-order valence-electron chi connectivity index (χ1n) is 8.00. The number of carbonyl (C=O) groups excluding carboxylic acids is 2. The maximum absolute atomic E-state index is 13.6. The third-order valence-electron chi connectivity index (χ3n) is 4.16. The van der Waals surface area contributed by atoms with Crippen molar-refractivity contribution in [3.8, 4) is 0 Å². The molecular weight excluding hydrogens is 297 g/mol. The van der Waals surface area contributed by atoms with Gasteiger partial charge in [0, 0.05) is 38.2 Å². The van der Waals surface area contributed by atoms with E-state index in [1.54, 1.807) is 28.9 Å². The van der Waals surface area contributed by atoms with Gasteiger partial charge in [0.05, 0.1) is 0 Å². The minimum Gasteiger partial charge on any atom is -0.339 e. The van der Waals surface area contributed by atoms with Gasteiger partial charge in [-0.1, -0.05) is 6.07 Å². The number of piperazine rings is 1. The molecule has 0 bridgehead atoms. The van der Waals surface area contributed by atoms with Crippen molar-refractivity contribution < 1.29 is 14.0 Å². The Morgan fingerprint density at radius 1 is 1.17 bits per heavy atom. The van der Waals surface area contributed by atoms with Crippen molar-refractivity contribution in [1.29, 1.82) is 0 Å². The summed E-state index contributed by atoms with van der Waals surface area (Å²) in [6.07, 6.45) is 1.34. The largest absolute Gasteiger partial charge is 0.339 e. The zero-order valence-electron chi connectivity index (χ0n) is 13.8. The molecule has 5 nitrogen and oxygen atoms in total. The first-order valence-corrected chi connectivity index (χ1v) is 8.00. The lowest BCUT2D eigenvalue weighted by Gasteiger charge is -2.35. The van der Waals surface area contributed by atoms with E-state index in [0.29, 0.717) is 43.7 Å². The lowest BCUT2D eigenvalue weighted by molar-refractivity contribution is -0.132. The second-order valence-electron chi connectivity index (χ2n) is 5.84. The molecule has 0 radical (unpaired) electrons. The third-order valence-corrected chi connectivity index (χ3v) is 4.16. The maximum atomic E-state index is 13.6. The van der Waals surface area contributed by atoms with E-state index in [9.17, 15) is 14.0 Å². The fraction of sp³-hybridized carbons (Fsp3) is 0.529. The summed E-state index contributed by atoms with van der Waals surface area (Å²) in [5, 5.41) is 3.02. The van der Waals surface area contributed by atoms with E-state index in [1.807, 2.05) is 7.05 Å². The second-order valence-corrected chi connectivity index (χ2v) is 5.84. The predicted molar refractivity (Wildman–Crippen MR) is 86.8 cm³/mol. The van der Waals surface area contributed by atoms with E-state index in [-0.39, 0.29) is 17.6 Å². The number of amides is 2. The van der Waals surface area contributed by atoms with E-state index < -0.39 is 0 Å². The Hall–Kier alpha value is -1.95. The molecule has 1 N–H and O–H groups in total. The highest BCUT2D eigenvalue weighted by Crippen LogP contribution is 2.13. The molecule has 1 fully saturated rings. The van der Waals surface area contributed by atoms with Gasteiger partial charge in [-0.3, -0.25) is 9.59 Å². The molecule has 0 aromatic heterocycles. The van der Waals surface area contributed by atoms with Gasteiger partial charge in [0.1, 0.15) is 5.82 Å². The van der Waals surface area contributed by atoms with Gasteiger partial charge in [0.2, 0.25) is 5.91 Å². The van der Waals surface area contributed by atoms with Crippen LogP contribution in [0.4, 0.5) is 4.39 Å². The van der Waals surface area contributed by atoms with Gasteiger partial charge in [-0.2, -0.15) is 0 Å². The molecule has 23 heavy (non-hydrogen) atoms. The molecule has 0 spiro atoms. The van der Waals surface area contributed by atoms with Crippen LogP contribution >= 0.6 is 0 Å². The molecule has 6 heteroatoms.